The Morgan fingerprint density at radius 2 is 2.06 bits per heavy atom. The highest BCUT2D eigenvalue weighted by Crippen LogP contribution is 2.22. The van der Waals surface area contributed by atoms with Crippen molar-refractivity contribution in [3.63, 3.8) is 0 Å². The van der Waals surface area contributed by atoms with Gasteiger partial charge in [-0.1, -0.05) is 23.9 Å². The molecule has 3 nitrogen and oxygen atoms in total. The largest absolute Gasteiger partial charge is 0.301 e. The molecule has 0 aliphatic rings. The van der Waals surface area contributed by atoms with Crippen molar-refractivity contribution >= 4 is 22.7 Å². The van der Waals surface area contributed by atoms with Crippen molar-refractivity contribution in [1.82, 2.24) is 14.5 Å². The van der Waals surface area contributed by atoms with Gasteiger partial charge in [0.1, 0.15) is 5.82 Å². The highest BCUT2D eigenvalue weighted by molar-refractivity contribution is 7.98. The first-order valence-electron chi connectivity index (χ1n) is 5.73. The first-order chi connectivity index (χ1) is 8.79. The molecule has 0 amide bonds. The first kappa shape index (κ1) is 11.3. The van der Waals surface area contributed by atoms with Crippen molar-refractivity contribution in [3.8, 4) is 5.82 Å². The minimum absolute atomic E-state index is 0.794. The monoisotopic (exact) mass is 255 g/mol. The summed E-state index contributed by atoms with van der Waals surface area (Å²) in [7, 11) is 0. The van der Waals surface area contributed by atoms with Gasteiger partial charge in [0.05, 0.1) is 5.52 Å². The molecule has 0 fully saturated rings. The van der Waals surface area contributed by atoms with E-state index in [2.05, 4.69) is 51.9 Å². The normalized spacial score (nSPS) is 11.0. The molecule has 0 radical (unpaired) electrons. The lowest BCUT2D eigenvalue weighted by Gasteiger charge is -2.05. The number of aryl methyl sites for hydroxylation is 1. The molecule has 1 aromatic carbocycles. The van der Waals surface area contributed by atoms with Crippen LogP contribution in [0.15, 0.2) is 47.9 Å². The van der Waals surface area contributed by atoms with Gasteiger partial charge in [0, 0.05) is 17.8 Å². The molecular weight excluding hydrogens is 242 g/mol. The highest BCUT2D eigenvalue weighted by Gasteiger charge is 2.06. The SMILES string of the molecule is CSc1nccc(-n2ccc3c(C)cccc32)n1. The fourth-order valence-corrected chi connectivity index (χ4v) is 2.44. The Kier molecular flexibility index (Phi) is 2.80. The van der Waals surface area contributed by atoms with E-state index >= 15 is 0 Å². The number of thioether (sulfide) groups is 1. The van der Waals surface area contributed by atoms with Gasteiger partial charge in [-0.25, -0.2) is 9.97 Å². The van der Waals surface area contributed by atoms with Crippen molar-refractivity contribution in [2.24, 2.45) is 0 Å². The molecule has 0 saturated heterocycles. The Bertz CT molecular complexity index is 703. The lowest BCUT2D eigenvalue weighted by Crippen LogP contribution is -1.97. The van der Waals surface area contributed by atoms with Gasteiger partial charge in [-0.05, 0) is 36.9 Å². The number of aromatic nitrogens is 3. The summed E-state index contributed by atoms with van der Waals surface area (Å²) in [6.45, 7) is 2.12. The first-order valence-corrected chi connectivity index (χ1v) is 6.96. The van der Waals surface area contributed by atoms with Crippen LogP contribution < -0.4 is 0 Å². The Hall–Kier alpha value is -1.81. The summed E-state index contributed by atoms with van der Waals surface area (Å²) < 4.78 is 2.10. The number of hydrogen-bond acceptors (Lipinski definition) is 3. The fraction of sp³-hybridized carbons (Fsp3) is 0.143. The van der Waals surface area contributed by atoms with E-state index in [1.165, 1.54) is 16.5 Å². The standard InChI is InChI=1S/C14H13N3S/c1-10-4-3-5-12-11(10)7-9-17(12)13-6-8-15-14(16-13)18-2/h3-9H,1-2H3. The summed E-state index contributed by atoms with van der Waals surface area (Å²) in [5, 5.41) is 2.06. The van der Waals surface area contributed by atoms with Crippen LogP contribution in [0.1, 0.15) is 5.56 Å². The van der Waals surface area contributed by atoms with E-state index in [-0.39, 0.29) is 0 Å². The molecule has 3 rings (SSSR count). The second-order valence-electron chi connectivity index (χ2n) is 4.09. The number of benzene rings is 1. The second-order valence-corrected chi connectivity index (χ2v) is 4.87. The van der Waals surface area contributed by atoms with E-state index in [1.54, 1.807) is 18.0 Å². The zero-order valence-corrected chi connectivity index (χ0v) is 11.1. The third-order valence-electron chi connectivity index (χ3n) is 3.00. The predicted octanol–water partition coefficient (Wildman–Crippen LogP) is 3.45. The van der Waals surface area contributed by atoms with Crippen LogP contribution in [-0.2, 0) is 0 Å². The molecule has 90 valence electrons. The van der Waals surface area contributed by atoms with Crippen molar-refractivity contribution in [3.05, 3.63) is 48.3 Å². The summed E-state index contributed by atoms with van der Waals surface area (Å²) >= 11 is 1.55. The van der Waals surface area contributed by atoms with E-state index in [9.17, 15) is 0 Å². The third-order valence-corrected chi connectivity index (χ3v) is 3.56. The van der Waals surface area contributed by atoms with Crippen LogP contribution in [0, 0.1) is 6.92 Å². The summed E-state index contributed by atoms with van der Waals surface area (Å²) in [4.78, 5) is 8.73. The molecule has 3 aromatic rings. The van der Waals surface area contributed by atoms with Gasteiger partial charge in [-0.15, -0.1) is 0 Å². The number of fused-ring (bicyclic) bond motifs is 1. The van der Waals surface area contributed by atoms with Crippen LogP contribution in [0.4, 0.5) is 0 Å². The van der Waals surface area contributed by atoms with Gasteiger partial charge < -0.3 is 4.57 Å². The maximum Gasteiger partial charge on any atom is 0.189 e. The minimum Gasteiger partial charge on any atom is -0.301 e. The molecule has 2 aromatic heterocycles. The molecule has 0 unspecified atom stereocenters. The van der Waals surface area contributed by atoms with Crippen LogP contribution in [0.3, 0.4) is 0 Å². The average Bonchev–Trinajstić information content (AvgIpc) is 2.84. The molecule has 0 aliphatic heterocycles. The number of rotatable bonds is 2. The Morgan fingerprint density at radius 1 is 1.17 bits per heavy atom. The average molecular weight is 255 g/mol. The van der Waals surface area contributed by atoms with E-state index in [0.29, 0.717) is 0 Å². The van der Waals surface area contributed by atoms with Gasteiger partial charge >= 0.3 is 0 Å². The number of hydrogen-bond donors (Lipinski definition) is 0. The van der Waals surface area contributed by atoms with Crippen LogP contribution in [-0.4, -0.2) is 20.8 Å². The van der Waals surface area contributed by atoms with Gasteiger partial charge in [-0.3, -0.25) is 0 Å². The summed E-state index contributed by atoms with van der Waals surface area (Å²) in [5.74, 6) is 0.912. The van der Waals surface area contributed by atoms with Crippen molar-refractivity contribution in [2.45, 2.75) is 12.1 Å². The molecular formula is C14H13N3S. The van der Waals surface area contributed by atoms with Crippen LogP contribution in [0.25, 0.3) is 16.7 Å². The number of nitrogens with zero attached hydrogens (tertiary/aromatic N) is 3. The zero-order valence-electron chi connectivity index (χ0n) is 10.3. The lowest BCUT2D eigenvalue weighted by atomic mass is 10.1. The van der Waals surface area contributed by atoms with E-state index in [0.717, 1.165) is 11.0 Å². The molecule has 0 atom stereocenters. The Labute approximate surface area is 110 Å². The van der Waals surface area contributed by atoms with Gasteiger partial charge in [0.25, 0.3) is 0 Å². The van der Waals surface area contributed by atoms with Crippen molar-refractivity contribution in [1.29, 1.82) is 0 Å². The topological polar surface area (TPSA) is 30.7 Å². The Balaban J connectivity index is 2.22. The third kappa shape index (κ3) is 1.78. The molecule has 0 saturated carbocycles. The highest BCUT2D eigenvalue weighted by atomic mass is 32.2. The molecule has 4 heteroatoms. The minimum atomic E-state index is 0.794. The quantitative estimate of drug-likeness (QED) is 0.519. The van der Waals surface area contributed by atoms with Crippen molar-refractivity contribution in [2.75, 3.05) is 6.26 Å². The predicted molar refractivity (Wildman–Crippen MR) is 75.4 cm³/mol. The fourth-order valence-electron chi connectivity index (χ4n) is 2.09. The van der Waals surface area contributed by atoms with Crippen LogP contribution in [0.2, 0.25) is 0 Å². The van der Waals surface area contributed by atoms with Crippen molar-refractivity contribution < 1.29 is 0 Å². The van der Waals surface area contributed by atoms with Crippen LogP contribution in [0.5, 0.6) is 0 Å². The summed E-state index contributed by atoms with van der Waals surface area (Å²) in [5.41, 5.74) is 2.46. The van der Waals surface area contributed by atoms with E-state index < -0.39 is 0 Å². The summed E-state index contributed by atoms with van der Waals surface area (Å²) in [6, 6.07) is 10.4. The van der Waals surface area contributed by atoms with Gasteiger partial charge in [0.15, 0.2) is 5.16 Å². The zero-order chi connectivity index (χ0) is 12.5. The smallest absolute Gasteiger partial charge is 0.189 e. The van der Waals surface area contributed by atoms with E-state index in [4.69, 9.17) is 0 Å². The molecule has 2 heterocycles. The molecule has 18 heavy (non-hydrogen) atoms. The summed E-state index contributed by atoms with van der Waals surface area (Å²) in [6.07, 6.45) is 5.84. The Morgan fingerprint density at radius 3 is 2.89 bits per heavy atom. The maximum atomic E-state index is 4.53. The second kappa shape index (κ2) is 4.46. The van der Waals surface area contributed by atoms with Crippen LogP contribution >= 0.6 is 11.8 Å². The van der Waals surface area contributed by atoms with E-state index in [1.807, 2.05) is 12.3 Å². The molecule has 0 aliphatic carbocycles. The lowest BCUT2D eigenvalue weighted by molar-refractivity contribution is 0.908. The molecule has 0 spiro atoms. The maximum absolute atomic E-state index is 4.53. The molecule has 0 N–H and O–H groups in total. The van der Waals surface area contributed by atoms with Gasteiger partial charge in [0.2, 0.25) is 0 Å². The van der Waals surface area contributed by atoms with Gasteiger partial charge in [-0.2, -0.15) is 0 Å². The molecule has 0 bridgehead atoms.